The van der Waals surface area contributed by atoms with E-state index >= 15 is 0 Å². The molecule has 0 bridgehead atoms. The second-order valence-corrected chi connectivity index (χ2v) is 5.54. The predicted octanol–water partition coefficient (Wildman–Crippen LogP) is 0.879. The topological polar surface area (TPSA) is 75.4 Å². The third kappa shape index (κ3) is 5.59. The zero-order valence-electron chi connectivity index (χ0n) is 12.2. The molecule has 1 saturated heterocycles. The van der Waals surface area contributed by atoms with Crippen LogP contribution in [0.15, 0.2) is 0 Å². The van der Waals surface area contributed by atoms with Gasteiger partial charge in [-0.05, 0) is 45.1 Å². The molecule has 0 aromatic rings. The Morgan fingerprint density at radius 1 is 1.21 bits per heavy atom. The van der Waals surface area contributed by atoms with E-state index in [-0.39, 0.29) is 11.8 Å². The maximum Gasteiger partial charge on any atom is 0.244 e. The Bertz CT molecular complexity index is 301. The van der Waals surface area contributed by atoms with Crippen LogP contribution in [0.4, 0.5) is 0 Å². The van der Waals surface area contributed by atoms with Crippen LogP contribution in [0.25, 0.3) is 0 Å². The minimum Gasteiger partial charge on any atom is -0.345 e. The van der Waals surface area contributed by atoms with Crippen LogP contribution >= 0.6 is 0 Å². The second kappa shape index (κ2) is 8.15. The number of nitrogens with zero attached hydrogens (tertiary/aromatic N) is 1. The lowest BCUT2D eigenvalue weighted by Crippen LogP contribution is -2.45. The first kappa shape index (κ1) is 16.0. The number of rotatable bonds is 7. The smallest absolute Gasteiger partial charge is 0.244 e. The van der Waals surface area contributed by atoms with Crippen molar-refractivity contribution in [1.82, 2.24) is 10.2 Å². The Labute approximate surface area is 115 Å². The van der Waals surface area contributed by atoms with Crippen LogP contribution in [0.1, 0.15) is 46.0 Å². The monoisotopic (exact) mass is 269 g/mol. The number of nitrogens with one attached hydrogen (secondary N) is 1. The van der Waals surface area contributed by atoms with Crippen LogP contribution in [0.5, 0.6) is 0 Å². The molecule has 0 aliphatic carbocycles. The minimum atomic E-state index is -0.407. The third-order valence-corrected chi connectivity index (χ3v) is 3.69. The standard InChI is InChI=1S/C14H27N3O2/c1-11(7-8-15)5-6-13(18)16-12(2)14(19)17-9-3-4-10-17/h11-12H,3-10,15H2,1-2H3,(H,16,18). The molecule has 3 N–H and O–H groups in total. The van der Waals surface area contributed by atoms with Crippen molar-refractivity contribution in [3.05, 3.63) is 0 Å². The molecule has 0 saturated carbocycles. The Morgan fingerprint density at radius 3 is 2.42 bits per heavy atom. The molecule has 1 fully saturated rings. The Morgan fingerprint density at radius 2 is 1.84 bits per heavy atom. The minimum absolute atomic E-state index is 0.0380. The molecule has 1 heterocycles. The molecule has 2 amide bonds. The van der Waals surface area contributed by atoms with Crippen molar-refractivity contribution in [1.29, 1.82) is 0 Å². The first-order valence-electron chi connectivity index (χ1n) is 7.32. The van der Waals surface area contributed by atoms with Crippen LogP contribution in [-0.2, 0) is 9.59 Å². The number of hydrogen-bond acceptors (Lipinski definition) is 3. The van der Waals surface area contributed by atoms with Crippen molar-refractivity contribution in [2.75, 3.05) is 19.6 Å². The molecular formula is C14H27N3O2. The number of nitrogens with two attached hydrogens (primary N) is 1. The summed E-state index contributed by atoms with van der Waals surface area (Å²) < 4.78 is 0. The van der Waals surface area contributed by atoms with Crippen molar-refractivity contribution < 1.29 is 9.59 Å². The molecule has 19 heavy (non-hydrogen) atoms. The van der Waals surface area contributed by atoms with Gasteiger partial charge in [0.25, 0.3) is 0 Å². The van der Waals surface area contributed by atoms with Gasteiger partial charge >= 0.3 is 0 Å². The summed E-state index contributed by atoms with van der Waals surface area (Å²) in [6.07, 6.45) is 4.38. The van der Waals surface area contributed by atoms with Crippen molar-refractivity contribution in [2.45, 2.75) is 52.0 Å². The molecule has 1 aliphatic rings. The summed E-state index contributed by atoms with van der Waals surface area (Å²) in [4.78, 5) is 25.6. The van der Waals surface area contributed by atoms with Crippen LogP contribution in [0, 0.1) is 5.92 Å². The van der Waals surface area contributed by atoms with Crippen LogP contribution < -0.4 is 11.1 Å². The van der Waals surface area contributed by atoms with Gasteiger partial charge in [-0.1, -0.05) is 6.92 Å². The van der Waals surface area contributed by atoms with E-state index in [1.165, 1.54) is 0 Å². The summed E-state index contributed by atoms with van der Waals surface area (Å²) in [5.41, 5.74) is 5.48. The lowest BCUT2D eigenvalue weighted by Gasteiger charge is -2.21. The Kier molecular flexibility index (Phi) is 6.84. The van der Waals surface area contributed by atoms with Gasteiger partial charge in [0.15, 0.2) is 0 Å². The molecule has 1 aliphatic heterocycles. The van der Waals surface area contributed by atoms with Crippen molar-refractivity contribution in [3.8, 4) is 0 Å². The van der Waals surface area contributed by atoms with Gasteiger partial charge in [0.1, 0.15) is 6.04 Å². The maximum absolute atomic E-state index is 12.0. The van der Waals surface area contributed by atoms with E-state index in [9.17, 15) is 9.59 Å². The fourth-order valence-electron chi connectivity index (χ4n) is 2.39. The zero-order chi connectivity index (χ0) is 14.3. The molecule has 110 valence electrons. The van der Waals surface area contributed by atoms with E-state index in [2.05, 4.69) is 12.2 Å². The average molecular weight is 269 g/mol. The highest BCUT2D eigenvalue weighted by atomic mass is 16.2. The number of amides is 2. The fourth-order valence-corrected chi connectivity index (χ4v) is 2.39. The van der Waals surface area contributed by atoms with Gasteiger partial charge in [0.2, 0.25) is 11.8 Å². The Balaban J connectivity index is 2.25. The van der Waals surface area contributed by atoms with Crippen molar-refractivity contribution >= 4 is 11.8 Å². The summed E-state index contributed by atoms with van der Waals surface area (Å²) in [7, 11) is 0. The van der Waals surface area contributed by atoms with Crippen LogP contribution in [-0.4, -0.2) is 42.4 Å². The number of likely N-dealkylation sites (tertiary alicyclic amines) is 1. The second-order valence-electron chi connectivity index (χ2n) is 5.54. The van der Waals surface area contributed by atoms with Gasteiger partial charge in [0, 0.05) is 19.5 Å². The third-order valence-electron chi connectivity index (χ3n) is 3.69. The van der Waals surface area contributed by atoms with E-state index in [1.54, 1.807) is 6.92 Å². The fraction of sp³-hybridized carbons (Fsp3) is 0.857. The number of carbonyl (C=O) groups is 2. The van der Waals surface area contributed by atoms with Gasteiger partial charge in [-0.2, -0.15) is 0 Å². The van der Waals surface area contributed by atoms with Crippen molar-refractivity contribution in [3.63, 3.8) is 0 Å². The number of hydrogen-bond donors (Lipinski definition) is 2. The molecule has 1 rings (SSSR count). The summed E-state index contributed by atoms with van der Waals surface area (Å²) in [5, 5.41) is 2.79. The largest absolute Gasteiger partial charge is 0.345 e. The van der Waals surface area contributed by atoms with E-state index in [1.807, 2.05) is 4.90 Å². The molecular weight excluding hydrogens is 242 g/mol. The van der Waals surface area contributed by atoms with Gasteiger partial charge < -0.3 is 16.0 Å². The molecule has 2 atom stereocenters. The molecule has 5 heteroatoms. The molecule has 5 nitrogen and oxygen atoms in total. The van der Waals surface area contributed by atoms with Gasteiger partial charge in [-0.25, -0.2) is 0 Å². The van der Waals surface area contributed by atoms with Crippen LogP contribution in [0.3, 0.4) is 0 Å². The molecule has 0 spiro atoms. The maximum atomic E-state index is 12.0. The molecule has 0 aromatic carbocycles. The lowest BCUT2D eigenvalue weighted by atomic mass is 10.0. The SMILES string of the molecule is CC(CCN)CCC(=O)NC(C)C(=O)N1CCCC1. The van der Waals surface area contributed by atoms with Gasteiger partial charge in [-0.3, -0.25) is 9.59 Å². The summed E-state index contributed by atoms with van der Waals surface area (Å²) in [6.45, 7) is 6.17. The molecule has 2 unspecified atom stereocenters. The van der Waals surface area contributed by atoms with Crippen molar-refractivity contribution in [2.24, 2.45) is 11.7 Å². The van der Waals surface area contributed by atoms with E-state index in [4.69, 9.17) is 5.73 Å². The highest BCUT2D eigenvalue weighted by molar-refractivity contribution is 5.87. The zero-order valence-corrected chi connectivity index (χ0v) is 12.2. The predicted molar refractivity (Wildman–Crippen MR) is 75.5 cm³/mol. The summed E-state index contributed by atoms with van der Waals surface area (Å²) in [6, 6.07) is -0.407. The summed E-state index contributed by atoms with van der Waals surface area (Å²) >= 11 is 0. The average Bonchev–Trinajstić information content (AvgIpc) is 2.89. The first-order valence-corrected chi connectivity index (χ1v) is 7.32. The molecule has 0 aromatic heterocycles. The van der Waals surface area contributed by atoms with Gasteiger partial charge in [-0.15, -0.1) is 0 Å². The molecule has 0 radical (unpaired) electrons. The van der Waals surface area contributed by atoms with E-state index in [0.717, 1.165) is 38.8 Å². The highest BCUT2D eigenvalue weighted by Gasteiger charge is 2.24. The quantitative estimate of drug-likeness (QED) is 0.720. The summed E-state index contributed by atoms with van der Waals surface area (Å²) in [5.74, 6) is 0.463. The van der Waals surface area contributed by atoms with E-state index < -0.39 is 6.04 Å². The normalized spacial score (nSPS) is 18.2. The number of carbonyl (C=O) groups excluding carboxylic acids is 2. The van der Waals surface area contributed by atoms with E-state index in [0.29, 0.717) is 18.9 Å². The Hall–Kier alpha value is -1.10. The lowest BCUT2D eigenvalue weighted by molar-refractivity contribution is -0.135. The van der Waals surface area contributed by atoms with Gasteiger partial charge in [0.05, 0.1) is 0 Å². The first-order chi connectivity index (χ1) is 9.04. The highest BCUT2D eigenvalue weighted by Crippen LogP contribution is 2.10. The van der Waals surface area contributed by atoms with Crippen LogP contribution in [0.2, 0.25) is 0 Å².